The van der Waals surface area contributed by atoms with Crippen LogP contribution in [0.3, 0.4) is 0 Å². The number of esters is 1. The normalized spacial score (nSPS) is 13.1. The molecule has 28 heavy (non-hydrogen) atoms. The molecule has 1 aromatic carbocycles. The average Bonchev–Trinajstić information content (AvgIpc) is 3.47. The Kier molecular flexibility index (Phi) is 6.14. The number of anilines is 1. The number of hydrogen-bond donors (Lipinski definition) is 2. The Morgan fingerprint density at radius 2 is 1.86 bits per heavy atom. The molecule has 1 saturated carbocycles. The fourth-order valence-electron chi connectivity index (χ4n) is 2.78. The SMILES string of the molecule is Cc1ccccc1CNC(=O)COC(=O)c1c(NC(=O)C2CC2)sc(C)c1C. The number of benzene rings is 1. The molecule has 0 aliphatic heterocycles. The van der Waals surface area contributed by atoms with E-state index in [1.807, 2.05) is 45.0 Å². The van der Waals surface area contributed by atoms with Crippen LogP contribution < -0.4 is 10.6 Å². The van der Waals surface area contributed by atoms with Gasteiger partial charge < -0.3 is 15.4 Å². The molecule has 0 saturated heterocycles. The highest BCUT2D eigenvalue weighted by molar-refractivity contribution is 7.16. The number of carbonyl (C=O) groups excluding carboxylic acids is 3. The first-order valence-corrected chi connectivity index (χ1v) is 10.1. The maximum Gasteiger partial charge on any atom is 0.341 e. The van der Waals surface area contributed by atoms with Crippen LogP contribution in [0.2, 0.25) is 0 Å². The number of thiophene rings is 1. The van der Waals surface area contributed by atoms with Crippen molar-refractivity contribution >= 4 is 34.1 Å². The number of aryl methyl sites for hydroxylation is 2. The van der Waals surface area contributed by atoms with Gasteiger partial charge in [0.15, 0.2) is 6.61 Å². The molecule has 0 atom stereocenters. The van der Waals surface area contributed by atoms with E-state index in [4.69, 9.17) is 4.74 Å². The van der Waals surface area contributed by atoms with E-state index < -0.39 is 5.97 Å². The smallest absolute Gasteiger partial charge is 0.341 e. The summed E-state index contributed by atoms with van der Waals surface area (Å²) in [6.45, 7) is 5.68. The molecule has 7 heteroatoms. The molecule has 148 valence electrons. The van der Waals surface area contributed by atoms with Gasteiger partial charge in [0.1, 0.15) is 5.00 Å². The molecule has 1 heterocycles. The fourth-order valence-corrected chi connectivity index (χ4v) is 3.83. The molecule has 3 rings (SSSR count). The molecule has 0 spiro atoms. The largest absolute Gasteiger partial charge is 0.452 e. The van der Waals surface area contributed by atoms with Gasteiger partial charge in [-0.2, -0.15) is 0 Å². The minimum Gasteiger partial charge on any atom is -0.452 e. The summed E-state index contributed by atoms with van der Waals surface area (Å²) in [6.07, 6.45) is 1.77. The Labute approximate surface area is 168 Å². The van der Waals surface area contributed by atoms with Gasteiger partial charge in [-0.05, 0) is 50.3 Å². The van der Waals surface area contributed by atoms with Gasteiger partial charge in [-0.25, -0.2) is 4.79 Å². The van der Waals surface area contributed by atoms with Crippen LogP contribution in [0, 0.1) is 26.7 Å². The van der Waals surface area contributed by atoms with Crippen molar-refractivity contribution in [1.29, 1.82) is 0 Å². The van der Waals surface area contributed by atoms with Crippen molar-refractivity contribution in [3.05, 3.63) is 51.4 Å². The molecule has 0 bridgehead atoms. The zero-order valence-corrected chi connectivity index (χ0v) is 17.1. The van der Waals surface area contributed by atoms with E-state index in [2.05, 4.69) is 10.6 Å². The Hall–Kier alpha value is -2.67. The molecule has 1 aromatic heterocycles. The van der Waals surface area contributed by atoms with E-state index >= 15 is 0 Å². The van der Waals surface area contributed by atoms with E-state index in [1.165, 1.54) is 11.3 Å². The first kappa shape index (κ1) is 20.1. The van der Waals surface area contributed by atoms with Gasteiger partial charge in [-0.3, -0.25) is 9.59 Å². The summed E-state index contributed by atoms with van der Waals surface area (Å²) in [7, 11) is 0. The third-order valence-electron chi connectivity index (χ3n) is 4.85. The molecule has 2 N–H and O–H groups in total. The fraction of sp³-hybridized carbons (Fsp3) is 0.381. The van der Waals surface area contributed by atoms with Crippen LogP contribution in [-0.4, -0.2) is 24.4 Å². The summed E-state index contributed by atoms with van der Waals surface area (Å²) in [5, 5.41) is 6.08. The highest BCUT2D eigenvalue weighted by Crippen LogP contribution is 2.36. The molecule has 1 aliphatic carbocycles. The standard InChI is InChI=1S/C21H24N2O4S/c1-12-6-4-5-7-16(12)10-22-17(24)11-27-21(26)18-13(2)14(3)28-20(18)23-19(25)15-8-9-15/h4-7,15H,8-11H2,1-3H3,(H,22,24)(H,23,25). The lowest BCUT2D eigenvalue weighted by molar-refractivity contribution is -0.124. The number of amides is 2. The minimum absolute atomic E-state index is 0.0406. The van der Waals surface area contributed by atoms with E-state index in [9.17, 15) is 14.4 Å². The molecule has 6 nitrogen and oxygen atoms in total. The van der Waals surface area contributed by atoms with Crippen LogP contribution >= 0.6 is 11.3 Å². The second kappa shape index (κ2) is 8.56. The summed E-state index contributed by atoms with van der Waals surface area (Å²) in [5.74, 6) is -0.992. The first-order valence-electron chi connectivity index (χ1n) is 9.26. The number of ether oxygens (including phenoxy) is 1. The van der Waals surface area contributed by atoms with E-state index in [0.29, 0.717) is 17.1 Å². The second-order valence-corrected chi connectivity index (χ2v) is 8.25. The molecular weight excluding hydrogens is 376 g/mol. The average molecular weight is 401 g/mol. The molecule has 0 unspecified atom stereocenters. The molecule has 2 aromatic rings. The van der Waals surface area contributed by atoms with Gasteiger partial charge in [-0.1, -0.05) is 24.3 Å². The second-order valence-electron chi connectivity index (χ2n) is 7.03. The first-order chi connectivity index (χ1) is 13.4. The molecular formula is C21H24N2O4S. The lowest BCUT2D eigenvalue weighted by Gasteiger charge is -2.10. The Morgan fingerprint density at radius 1 is 1.14 bits per heavy atom. The summed E-state index contributed by atoms with van der Waals surface area (Å²) < 4.78 is 5.21. The number of nitrogens with one attached hydrogen (secondary N) is 2. The van der Waals surface area contributed by atoms with Crippen molar-refractivity contribution in [3.8, 4) is 0 Å². The quantitative estimate of drug-likeness (QED) is 0.697. The molecule has 1 aliphatic rings. The molecule has 0 radical (unpaired) electrons. The van der Waals surface area contributed by atoms with Crippen molar-refractivity contribution in [3.63, 3.8) is 0 Å². The number of rotatable bonds is 7. The van der Waals surface area contributed by atoms with Crippen LogP contribution in [0.5, 0.6) is 0 Å². The topological polar surface area (TPSA) is 84.5 Å². The third-order valence-corrected chi connectivity index (χ3v) is 5.97. The number of carbonyl (C=O) groups is 3. The van der Waals surface area contributed by atoms with Crippen LogP contribution in [0.4, 0.5) is 5.00 Å². The van der Waals surface area contributed by atoms with Crippen molar-refractivity contribution in [2.45, 2.75) is 40.2 Å². The van der Waals surface area contributed by atoms with Crippen molar-refractivity contribution < 1.29 is 19.1 Å². The summed E-state index contributed by atoms with van der Waals surface area (Å²) in [5.41, 5.74) is 3.20. The van der Waals surface area contributed by atoms with Crippen LogP contribution in [-0.2, 0) is 20.9 Å². The van der Waals surface area contributed by atoms with Gasteiger partial charge in [0.05, 0.1) is 5.56 Å². The van der Waals surface area contributed by atoms with Crippen LogP contribution in [0.15, 0.2) is 24.3 Å². The number of hydrogen-bond acceptors (Lipinski definition) is 5. The predicted octanol–water partition coefficient (Wildman–Crippen LogP) is 3.50. The van der Waals surface area contributed by atoms with Gasteiger partial charge in [0.25, 0.3) is 5.91 Å². The van der Waals surface area contributed by atoms with Gasteiger partial charge in [-0.15, -0.1) is 11.3 Å². The van der Waals surface area contributed by atoms with Crippen LogP contribution in [0.1, 0.15) is 44.8 Å². The van der Waals surface area contributed by atoms with Gasteiger partial charge in [0, 0.05) is 17.3 Å². The monoisotopic (exact) mass is 400 g/mol. The van der Waals surface area contributed by atoms with E-state index in [1.54, 1.807) is 0 Å². The van der Waals surface area contributed by atoms with Gasteiger partial charge in [0.2, 0.25) is 5.91 Å². The Balaban J connectivity index is 1.57. The van der Waals surface area contributed by atoms with E-state index in [-0.39, 0.29) is 24.3 Å². The maximum atomic E-state index is 12.6. The Morgan fingerprint density at radius 3 is 2.54 bits per heavy atom. The van der Waals surface area contributed by atoms with Crippen molar-refractivity contribution in [2.24, 2.45) is 5.92 Å². The zero-order chi connectivity index (χ0) is 20.3. The van der Waals surface area contributed by atoms with Crippen molar-refractivity contribution in [1.82, 2.24) is 5.32 Å². The summed E-state index contributed by atoms with van der Waals surface area (Å²) in [6, 6.07) is 7.76. The Bertz CT molecular complexity index is 915. The highest BCUT2D eigenvalue weighted by atomic mass is 32.1. The molecule has 2 amide bonds. The van der Waals surface area contributed by atoms with Crippen molar-refractivity contribution in [2.75, 3.05) is 11.9 Å². The highest BCUT2D eigenvalue weighted by Gasteiger charge is 2.31. The minimum atomic E-state index is -0.598. The zero-order valence-electron chi connectivity index (χ0n) is 16.3. The van der Waals surface area contributed by atoms with Crippen LogP contribution in [0.25, 0.3) is 0 Å². The van der Waals surface area contributed by atoms with E-state index in [0.717, 1.165) is 34.4 Å². The van der Waals surface area contributed by atoms with Gasteiger partial charge >= 0.3 is 5.97 Å². The summed E-state index contributed by atoms with van der Waals surface area (Å²) in [4.78, 5) is 37.6. The lowest BCUT2D eigenvalue weighted by Crippen LogP contribution is -2.28. The molecule has 1 fully saturated rings. The maximum absolute atomic E-state index is 12.6. The lowest BCUT2D eigenvalue weighted by atomic mass is 10.1. The summed E-state index contributed by atoms with van der Waals surface area (Å²) >= 11 is 1.35. The third kappa shape index (κ3) is 4.78. The predicted molar refractivity (Wildman–Crippen MR) is 108 cm³/mol.